The van der Waals surface area contributed by atoms with Crippen LogP contribution in [0.25, 0.3) is 0 Å². The Morgan fingerprint density at radius 2 is 0.468 bits per heavy atom. The van der Waals surface area contributed by atoms with Gasteiger partial charge < -0.3 is 35.0 Å². The number of piperazine rings is 1. The number of likely N-dealkylation sites (tertiary alicyclic amines) is 4. The Kier molecular flexibility index (Phi) is 36.2. The van der Waals surface area contributed by atoms with Gasteiger partial charge in [0.05, 0.1) is 13.2 Å². The summed E-state index contributed by atoms with van der Waals surface area (Å²) >= 11 is 0. The number of morpholine rings is 1. The smallest absolute Gasteiger partial charge is 0.0594 e. The summed E-state index contributed by atoms with van der Waals surface area (Å²) in [5, 5.41) is 6.72. The van der Waals surface area contributed by atoms with Crippen molar-refractivity contribution in [3.05, 3.63) is 0 Å². The molecule has 7 aliphatic rings. The molecule has 0 aromatic rings. The molecule has 0 aliphatic carbocycles. The quantitative estimate of drug-likeness (QED) is 0.261. The van der Waals surface area contributed by atoms with E-state index < -0.39 is 0 Å². The van der Waals surface area contributed by atoms with E-state index in [9.17, 15) is 0 Å². The van der Waals surface area contributed by atoms with Crippen LogP contribution in [0, 0.1) is 0 Å². The van der Waals surface area contributed by atoms with E-state index in [-0.39, 0.29) is 0 Å². The third-order valence-corrected chi connectivity index (χ3v) is 13.7. The number of hydrogen-bond acceptors (Lipinski definition) is 10. The summed E-state index contributed by atoms with van der Waals surface area (Å²) in [5.74, 6) is 0. The van der Waals surface area contributed by atoms with Crippen molar-refractivity contribution in [1.82, 2.24) is 44.9 Å². The van der Waals surface area contributed by atoms with E-state index in [1.807, 2.05) is 0 Å². The van der Waals surface area contributed by atoms with Gasteiger partial charge >= 0.3 is 0 Å². The molecule has 0 saturated carbocycles. The number of ether oxygens (including phenoxy) is 1. The second-order valence-electron chi connectivity index (χ2n) is 20.9. The average Bonchev–Trinajstić information content (AvgIpc) is 3.45. The van der Waals surface area contributed by atoms with Crippen molar-refractivity contribution in [2.75, 3.05) is 131 Å². The van der Waals surface area contributed by atoms with Gasteiger partial charge in [0.25, 0.3) is 0 Å². The van der Waals surface area contributed by atoms with Crippen LogP contribution in [0.15, 0.2) is 0 Å². The molecular weight excluding hydrogens is 767 g/mol. The Balaban J connectivity index is 0.000000363. The lowest BCUT2D eigenvalue weighted by molar-refractivity contribution is 0.0238. The van der Waals surface area contributed by atoms with E-state index in [2.05, 4.69) is 142 Å². The van der Waals surface area contributed by atoms with Crippen LogP contribution in [-0.4, -0.2) is 208 Å². The Morgan fingerprint density at radius 3 is 0.758 bits per heavy atom. The van der Waals surface area contributed by atoms with Crippen molar-refractivity contribution in [2.24, 2.45) is 0 Å². The van der Waals surface area contributed by atoms with Crippen molar-refractivity contribution in [1.29, 1.82) is 0 Å². The summed E-state index contributed by atoms with van der Waals surface area (Å²) < 4.78 is 5.21. The van der Waals surface area contributed by atoms with Crippen LogP contribution in [0.3, 0.4) is 0 Å². The topological polar surface area (TPSA) is 56.0 Å². The number of nitrogens with zero attached hydrogens (tertiary/aromatic N) is 7. The molecule has 0 bridgehead atoms. The Bertz CT molecular complexity index is 860. The first-order chi connectivity index (χ1) is 29.6. The fourth-order valence-corrected chi connectivity index (χ4v) is 8.84. The molecule has 7 saturated heterocycles. The highest BCUT2D eigenvalue weighted by molar-refractivity contribution is 4.73. The van der Waals surface area contributed by atoms with E-state index in [1.165, 1.54) is 156 Å². The van der Waals surface area contributed by atoms with Gasteiger partial charge in [-0.15, -0.1) is 0 Å². The second kappa shape index (κ2) is 37.7. The van der Waals surface area contributed by atoms with E-state index in [0.717, 1.165) is 82.2 Å². The summed E-state index contributed by atoms with van der Waals surface area (Å²) in [4.78, 5) is 17.6. The van der Waals surface area contributed by atoms with Crippen LogP contribution in [0.2, 0.25) is 0 Å². The standard InChI is InChI=1S/C9H19N.C8H18N2.C8H17N.C7H16N2.C7H15NO.C7H15N.C6H13N/c1-9(2)10-7-5-3-4-6-8-10;1-8(2)10-6-3-4-9-5-7-10;1-8(2)9-6-4-3-5-7-9;1-7(2)9-5-3-8-4-6-9;1-7(2)8-3-5-9-6-4-8;1-7(2)8-5-3-4-6-8;1-6(2)7-4-3-5-7/h9H,3-8H2,1-2H3;8-9H,3-7H2,1-2H3;8H,3-7H2,1-2H3;7-8H,3-6H2,1-2H3;7H,3-6H2,1-2H3;7H,3-6H2,1-2H3;6H,3-5H2,1-2H3. The number of nitrogens with one attached hydrogen (secondary N) is 2. The largest absolute Gasteiger partial charge is 0.379 e. The molecule has 0 unspecified atom stereocenters. The van der Waals surface area contributed by atoms with Crippen molar-refractivity contribution in [2.45, 2.75) is 210 Å². The van der Waals surface area contributed by atoms with E-state index in [0.29, 0.717) is 6.04 Å². The summed E-state index contributed by atoms with van der Waals surface area (Å²) in [7, 11) is 0. The first-order valence-corrected chi connectivity index (χ1v) is 26.8. The molecule has 0 atom stereocenters. The van der Waals surface area contributed by atoms with Crippen LogP contribution >= 0.6 is 0 Å². The highest BCUT2D eigenvalue weighted by Crippen LogP contribution is 2.13. The zero-order chi connectivity index (χ0) is 46.1. The zero-order valence-corrected chi connectivity index (χ0v) is 44.5. The van der Waals surface area contributed by atoms with Crippen molar-refractivity contribution >= 4 is 0 Å². The van der Waals surface area contributed by atoms with Crippen LogP contribution in [-0.2, 0) is 4.74 Å². The highest BCUT2D eigenvalue weighted by Gasteiger charge is 2.17. The molecule has 7 heterocycles. The lowest BCUT2D eigenvalue weighted by Crippen LogP contribution is -2.46. The molecule has 7 aliphatic heterocycles. The summed E-state index contributed by atoms with van der Waals surface area (Å²) in [5.41, 5.74) is 0. The molecule has 0 amide bonds. The molecule has 0 radical (unpaired) electrons. The highest BCUT2D eigenvalue weighted by atomic mass is 16.5. The first kappa shape index (κ1) is 59.6. The number of rotatable bonds is 7. The predicted molar refractivity (Wildman–Crippen MR) is 274 cm³/mol. The van der Waals surface area contributed by atoms with Gasteiger partial charge in [-0.1, -0.05) is 19.3 Å². The maximum Gasteiger partial charge on any atom is 0.0594 e. The fourth-order valence-electron chi connectivity index (χ4n) is 8.84. The molecule has 0 aromatic carbocycles. The van der Waals surface area contributed by atoms with Crippen molar-refractivity contribution in [3.63, 3.8) is 0 Å². The molecule has 372 valence electrons. The molecule has 10 heteroatoms. The van der Waals surface area contributed by atoms with Gasteiger partial charge in [0.2, 0.25) is 0 Å². The Hall–Kier alpha value is -0.400. The lowest BCUT2D eigenvalue weighted by Gasteiger charge is -2.34. The van der Waals surface area contributed by atoms with Crippen molar-refractivity contribution in [3.8, 4) is 0 Å². The molecule has 0 aromatic heterocycles. The van der Waals surface area contributed by atoms with Crippen LogP contribution in [0.1, 0.15) is 168 Å². The first-order valence-electron chi connectivity index (χ1n) is 26.8. The van der Waals surface area contributed by atoms with Crippen molar-refractivity contribution < 1.29 is 4.74 Å². The SMILES string of the molecule is CC(C)N1CCC1.CC(C)N1CCCC1.CC(C)N1CCCCC1.CC(C)N1CCCCCC1.CC(C)N1CCCNCC1.CC(C)N1CCNCC1.CC(C)N1CCOCC1. The van der Waals surface area contributed by atoms with Gasteiger partial charge in [-0.2, -0.15) is 0 Å². The number of piperidine rings is 1. The van der Waals surface area contributed by atoms with Gasteiger partial charge in [0.1, 0.15) is 0 Å². The van der Waals surface area contributed by atoms with E-state index in [4.69, 9.17) is 4.74 Å². The molecule has 7 fully saturated rings. The minimum absolute atomic E-state index is 0.689. The van der Waals surface area contributed by atoms with Crippen LogP contribution < -0.4 is 10.6 Å². The zero-order valence-electron chi connectivity index (χ0n) is 44.5. The average molecular weight is 881 g/mol. The molecule has 62 heavy (non-hydrogen) atoms. The monoisotopic (exact) mass is 880 g/mol. The Morgan fingerprint density at radius 1 is 0.242 bits per heavy atom. The summed E-state index contributed by atoms with van der Waals surface area (Å²) in [6.45, 7) is 56.0. The third kappa shape index (κ3) is 30.0. The molecule has 10 nitrogen and oxygen atoms in total. The van der Waals surface area contributed by atoms with Gasteiger partial charge in [-0.3, -0.25) is 14.7 Å². The molecular formula is C52H113N9O. The lowest BCUT2D eigenvalue weighted by atomic mass is 10.1. The molecule has 0 spiro atoms. The summed E-state index contributed by atoms with van der Waals surface area (Å²) in [6.07, 6.45) is 15.6. The normalized spacial score (nSPS) is 23.0. The Labute approximate surface area is 389 Å². The second-order valence-corrected chi connectivity index (χ2v) is 20.9. The maximum atomic E-state index is 5.21. The van der Waals surface area contributed by atoms with Gasteiger partial charge in [-0.05, 0) is 214 Å². The minimum Gasteiger partial charge on any atom is -0.379 e. The number of hydrogen-bond donors (Lipinski definition) is 2. The molecule has 7 rings (SSSR count). The van der Waals surface area contributed by atoms with Gasteiger partial charge in [0.15, 0.2) is 0 Å². The van der Waals surface area contributed by atoms with Gasteiger partial charge in [0, 0.05) is 94.7 Å². The van der Waals surface area contributed by atoms with Crippen LogP contribution in [0.5, 0.6) is 0 Å². The third-order valence-electron chi connectivity index (χ3n) is 13.7. The van der Waals surface area contributed by atoms with Crippen LogP contribution in [0.4, 0.5) is 0 Å². The van der Waals surface area contributed by atoms with Gasteiger partial charge in [-0.25, -0.2) is 0 Å². The fraction of sp³-hybridized carbons (Fsp3) is 1.00. The van der Waals surface area contributed by atoms with E-state index >= 15 is 0 Å². The predicted octanol–water partition coefficient (Wildman–Crippen LogP) is 8.46. The maximum absolute atomic E-state index is 5.21. The minimum atomic E-state index is 0.689. The molecule has 2 N–H and O–H groups in total. The van der Waals surface area contributed by atoms with E-state index in [1.54, 1.807) is 0 Å². The summed E-state index contributed by atoms with van der Waals surface area (Å²) in [6, 6.07) is 5.23.